The van der Waals surface area contributed by atoms with Crippen molar-refractivity contribution in [2.45, 2.75) is 33.8 Å². The van der Waals surface area contributed by atoms with E-state index in [1.807, 2.05) is 0 Å². The second-order valence-electron chi connectivity index (χ2n) is 5.78. The number of halogens is 3. The molecule has 0 bridgehead atoms. The van der Waals surface area contributed by atoms with Gasteiger partial charge >= 0.3 is 12.1 Å². The Morgan fingerprint density at radius 1 is 1.43 bits per heavy atom. The number of carboxylic acids is 1. The average Bonchev–Trinajstić information content (AvgIpc) is 2.64. The molecule has 0 aliphatic carbocycles. The number of fused-ring (bicyclic) bond motifs is 1. The molecule has 0 saturated carbocycles. The topological polar surface area (TPSA) is 95.9 Å². The Morgan fingerprint density at radius 3 is 2.57 bits per heavy atom. The van der Waals surface area contributed by atoms with Crippen LogP contribution < -0.4 is 5.32 Å². The Morgan fingerprint density at radius 2 is 2.04 bits per heavy atom. The minimum atomic E-state index is -1.71. The maximum atomic E-state index is 12.2. The predicted octanol–water partition coefficient (Wildman–Crippen LogP) is 1.85. The van der Waals surface area contributed by atoms with Crippen LogP contribution in [-0.2, 0) is 14.3 Å². The number of β-lactam (4-membered cyclic amide) rings is 1. The molecule has 3 atom stereocenters. The standard InChI is InChI=1S/C12H15Cl3N2O5S/c1-11(2)6(9(19)20)17-7(18)5(8(17)23-11)3-16-10(21)22-4-12(13,14)15/h5-6,8H,3-4H2,1-2H3,(H,16,21)(H,19,20)/t5-,6-,8+/m0/s1. The number of aliphatic carboxylic acids is 1. The number of nitrogens with zero attached hydrogens (tertiary/aromatic N) is 1. The Hall–Kier alpha value is -0.570. The third-order valence-electron chi connectivity index (χ3n) is 3.62. The summed E-state index contributed by atoms with van der Waals surface area (Å²) in [6.07, 6.45) is -0.806. The van der Waals surface area contributed by atoms with Crippen LogP contribution in [0.25, 0.3) is 0 Å². The van der Waals surface area contributed by atoms with Gasteiger partial charge in [0.1, 0.15) is 12.6 Å². The van der Waals surface area contributed by atoms with Crippen molar-refractivity contribution < 1.29 is 24.2 Å². The predicted molar refractivity (Wildman–Crippen MR) is 86.9 cm³/mol. The Balaban J connectivity index is 1.89. The zero-order valence-corrected chi connectivity index (χ0v) is 15.3. The summed E-state index contributed by atoms with van der Waals surface area (Å²) in [5.74, 6) is -1.84. The van der Waals surface area contributed by atoms with E-state index in [0.717, 1.165) is 0 Å². The van der Waals surface area contributed by atoms with Gasteiger partial charge in [-0.15, -0.1) is 11.8 Å². The fourth-order valence-electron chi connectivity index (χ4n) is 2.67. The van der Waals surface area contributed by atoms with Gasteiger partial charge in [0.05, 0.1) is 11.3 Å². The molecule has 2 fully saturated rings. The van der Waals surface area contributed by atoms with E-state index in [2.05, 4.69) is 5.32 Å². The first kappa shape index (κ1) is 18.8. The molecular weight excluding hydrogens is 391 g/mol. The summed E-state index contributed by atoms with van der Waals surface area (Å²) in [7, 11) is 0. The van der Waals surface area contributed by atoms with Crippen LogP contribution in [-0.4, -0.2) is 61.1 Å². The van der Waals surface area contributed by atoms with Gasteiger partial charge in [-0.1, -0.05) is 34.8 Å². The lowest BCUT2D eigenvalue weighted by atomic mass is 9.92. The van der Waals surface area contributed by atoms with Crippen LogP contribution in [0.5, 0.6) is 0 Å². The maximum Gasteiger partial charge on any atom is 0.407 e. The first-order valence-corrected chi connectivity index (χ1v) is 8.65. The number of hydrogen-bond acceptors (Lipinski definition) is 5. The quantitative estimate of drug-likeness (QED) is 0.547. The van der Waals surface area contributed by atoms with Crippen molar-refractivity contribution in [1.82, 2.24) is 10.2 Å². The van der Waals surface area contributed by atoms with Crippen LogP contribution in [0.2, 0.25) is 0 Å². The highest BCUT2D eigenvalue weighted by Crippen LogP contribution is 2.52. The fourth-order valence-corrected chi connectivity index (χ4v) is 4.52. The summed E-state index contributed by atoms with van der Waals surface area (Å²) in [4.78, 5) is 36.4. The highest BCUT2D eigenvalue weighted by Gasteiger charge is 2.63. The molecule has 23 heavy (non-hydrogen) atoms. The summed E-state index contributed by atoms with van der Waals surface area (Å²) in [6.45, 7) is 3.18. The molecule has 0 aromatic heterocycles. The third kappa shape index (κ3) is 3.92. The highest BCUT2D eigenvalue weighted by atomic mass is 35.6. The zero-order chi connectivity index (χ0) is 17.6. The van der Waals surface area contributed by atoms with Crippen molar-refractivity contribution in [3.63, 3.8) is 0 Å². The SMILES string of the molecule is CC1(C)S[C@@H]2[C@@H](CNC(=O)OCC(Cl)(Cl)Cl)C(=O)N2[C@H]1C(=O)O. The first-order valence-electron chi connectivity index (χ1n) is 6.64. The fraction of sp³-hybridized carbons (Fsp3) is 0.750. The summed E-state index contributed by atoms with van der Waals surface area (Å²) >= 11 is 17.8. The van der Waals surface area contributed by atoms with Gasteiger partial charge in [0.15, 0.2) is 0 Å². The molecule has 2 aliphatic heterocycles. The second-order valence-corrected chi connectivity index (χ2v) is 10.1. The number of carbonyl (C=O) groups excluding carboxylic acids is 2. The number of nitrogens with one attached hydrogen (secondary N) is 1. The van der Waals surface area contributed by atoms with E-state index < -0.39 is 39.2 Å². The lowest BCUT2D eigenvalue weighted by Crippen LogP contribution is -2.64. The number of amides is 2. The second kappa shape index (κ2) is 6.38. The normalized spacial score (nSPS) is 28.8. The number of alkyl halides is 3. The number of hydrogen-bond donors (Lipinski definition) is 2. The third-order valence-corrected chi connectivity index (χ3v) is 5.57. The molecule has 0 aromatic rings. The van der Waals surface area contributed by atoms with Crippen LogP contribution >= 0.6 is 46.6 Å². The van der Waals surface area contributed by atoms with Gasteiger partial charge < -0.3 is 20.1 Å². The van der Waals surface area contributed by atoms with Gasteiger partial charge in [-0.2, -0.15) is 0 Å². The molecule has 7 nitrogen and oxygen atoms in total. The first-order chi connectivity index (χ1) is 10.4. The molecule has 0 spiro atoms. The van der Waals surface area contributed by atoms with Gasteiger partial charge in [-0.3, -0.25) is 4.79 Å². The minimum Gasteiger partial charge on any atom is -0.480 e. The van der Waals surface area contributed by atoms with Crippen LogP contribution in [0.4, 0.5) is 4.79 Å². The van der Waals surface area contributed by atoms with E-state index in [1.54, 1.807) is 13.8 Å². The van der Waals surface area contributed by atoms with Crippen LogP contribution in [0.1, 0.15) is 13.8 Å². The lowest BCUT2D eigenvalue weighted by Gasteiger charge is -2.43. The monoisotopic (exact) mass is 404 g/mol. The van der Waals surface area contributed by atoms with Crippen LogP contribution in [0.15, 0.2) is 0 Å². The highest BCUT2D eigenvalue weighted by molar-refractivity contribution is 8.01. The van der Waals surface area contributed by atoms with Crippen molar-refractivity contribution in [2.24, 2.45) is 5.92 Å². The molecule has 2 rings (SSSR count). The van der Waals surface area contributed by atoms with Crippen molar-refractivity contribution >= 4 is 64.5 Å². The minimum absolute atomic E-state index is 0.0358. The maximum absolute atomic E-state index is 12.2. The van der Waals surface area contributed by atoms with Crippen molar-refractivity contribution in [1.29, 1.82) is 0 Å². The Kier molecular flexibility index (Phi) is 5.21. The largest absolute Gasteiger partial charge is 0.480 e. The number of ether oxygens (including phenoxy) is 1. The van der Waals surface area contributed by atoms with Crippen molar-refractivity contribution in [3.8, 4) is 0 Å². The number of carbonyl (C=O) groups is 3. The van der Waals surface area contributed by atoms with Crippen molar-refractivity contribution in [2.75, 3.05) is 13.2 Å². The molecule has 0 unspecified atom stereocenters. The summed E-state index contributed by atoms with van der Waals surface area (Å²) in [5.41, 5.74) is 0. The molecule has 11 heteroatoms. The smallest absolute Gasteiger partial charge is 0.407 e. The zero-order valence-electron chi connectivity index (χ0n) is 12.2. The Labute approximate surface area is 151 Å². The van der Waals surface area contributed by atoms with Crippen LogP contribution in [0, 0.1) is 5.92 Å². The number of carboxylic acid groups (broad SMARTS) is 1. The van der Waals surface area contributed by atoms with E-state index in [9.17, 15) is 19.5 Å². The number of alkyl carbamates (subject to hydrolysis) is 1. The molecule has 2 amide bonds. The van der Waals surface area contributed by atoms with Gasteiger partial charge in [0, 0.05) is 11.3 Å². The van der Waals surface area contributed by atoms with Gasteiger partial charge in [0.2, 0.25) is 9.70 Å². The number of thioether (sulfide) groups is 1. The van der Waals surface area contributed by atoms with E-state index >= 15 is 0 Å². The van der Waals surface area contributed by atoms with E-state index in [1.165, 1.54) is 16.7 Å². The average molecular weight is 406 g/mol. The molecule has 0 aromatic carbocycles. The molecule has 0 radical (unpaired) electrons. The summed E-state index contributed by atoms with van der Waals surface area (Å²) < 4.78 is 2.39. The molecular formula is C12H15Cl3N2O5S. The van der Waals surface area contributed by atoms with Gasteiger partial charge in [0.25, 0.3) is 0 Å². The molecule has 130 valence electrons. The Bertz CT molecular complexity index is 539. The van der Waals surface area contributed by atoms with Gasteiger partial charge in [-0.05, 0) is 13.8 Å². The van der Waals surface area contributed by atoms with E-state index in [0.29, 0.717) is 0 Å². The molecule has 2 heterocycles. The summed E-state index contributed by atoms with van der Waals surface area (Å²) in [6, 6.07) is -0.877. The number of rotatable bonds is 4. The van der Waals surface area contributed by atoms with Crippen molar-refractivity contribution in [3.05, 3.63) is 0 Å². The van der Waals surface area contributed by atoms with E-state index in [-0.39, 0.29) is 17.8 Å². The molecule has 2 aliphatic rings. The van der Waals surface area contributed by atoms with Gasteiger partial charge in [-0.25, -0.2) is 9.59 Å². The van der Waals surface area contributed by atoms with E-state index in [4.69, 9.17) is 39.5 Å². The molecule has 2 saturated heterocycles. The lowest BCUT2D eigenvalue weighted by molar-refractivity contribution is -0.163. The summed E-state index contributed by atoms with van der Waals surface area (Å²) in [5, 5.41) is 11.4. The molecule has 2 N–H and O–H groups in total. The van der Waals surface area contributed by atoms with Crippen LogP contribution in [0.3, 0.4) is 0 Å².